The molecule has 1 N–H and O–H groups in total. The first-order valence-corrected chi connectivity index (χ1v) is 8.41. The second-order valence-corrected chi connectivity index (χ2v) is 6.42. The van der Waals surface area contributed by atoms with E-state index in [0.29, 0.717) is 12.1 Å². The van der Waals surface area contributed by atoms with E-state index in [0.717, 1.165) is 24.2 Å². The van der Waals surface area contributed by atoms with E-state index in [4.69, 9.17) is 0 Å². The molecule has 0 radical (unpaired) electrons. The number of halogens is 1. The van der Waals surface area contributed by atoms with Gasteiger partial charge in [0.15, 0.2) is 0 Å². The third-order valence-electron chi connectivity index (χ3n) is 3.85. The van der Waals surface area contributed by atoms with E-state index in [1.54, 1.807) is 12.1 Å². The molecule has 1 aliphatic heterocycles. The summed E-state index contributed by atoms with van der Waals surface area (Å²) in [7, 11) is 0. The van der Waals surface area contributed by atoms with Crippen molar-refractivity contribution in [1.29, 1.82) is 0 Å². The molecular formula is C16H24FNS. The van der Waals surface area contributed by atoms with Crippen molar-refractivity contribution in [2.75, 3.05) is 5.75 Å². The largest absolute Gasteiger partial charge is 0.307 e. The monoisotopic (exact) mass is 281 g/mol. The zero-order valence-corrected chi connectivity index (χ0v) is 12.7. The van der Waals surface area contributed by atoms with Gasteiger partial charge in [0.1, 0.15) is 5.82 Å². The molecular weight excluding hydrogens is 257 g/mol. The van der Waals surface area contributed by atoms with Crippen molar-refractivity contribution >= 4 is 11.8 Å². The maximum atomic E-state index is 13.5. The molecule has 1 aromatic carbocycles. The molecule has 0 saturated heterocycles. The quantitative estimate of drug-likeness (QED) is 0.794. The molecule has 106 valence electrons. The Balaban J connectivity index is 2.07. The van der Waals surface area contributed by atoms with Gasteiger partial charge < -0.3 is 5.32 Å². The van der Waals surface area contributed by atoms with Gasteiger partial charge in [0.05, 0.1) is 0 Å². The summed E-state index contributed by atoms with van der Waals surface area (Å²) in [6, 6.07) is 6.10. The fourth-order valence-electron chi connectivity index (χ4n) is 2.68. The number of hydrogen-bond acceptors (Lipinski definition) is 2. The Bertz CT molecular complexity index is 408. The molecule has 0 saturated carbocycles. The van der Waals surface area contributed by atoms with Crippen LogP contribution in [0.2, 0.25) is 0 Å². The number of fused-ring (bicyclic) bond motifs is 1. The average molecular weight is 281 g/mol. The van der Waals surface area contributed by atoms with Gasteiger partial charge >= 0.3 is 0 Å². The minimum atomic E-state index is -0.116. The highest BCUT2D eigenvalue weighted by Crippen LogP contribution is 2.37. The molecule has 0 aromatic heterocycles. The van der Waals surface area contributed by atoms with Crippen LogP contribution in [-0.2, 0) is 0 Å². The standard InChI is InChI=1S/C16H24FNS/c1-3-5-6-13(4-2)18-15-9-10-19-16-8-7-12(17)11-14(15)16/h7-8,11,13,15,18H,3-6,9-10H2,1-2H3. The van der Waals surface area contributed by atoms with Crippen LogP contribution in [0.5, 0.6) is 0 Å². The highest BCUT2D eigenvalue weighted by atomic mass is 32.2. The molecule has 19 heavy (non-hydrogen) atoms. The lowest BCUT2D eigenvalue weighted by atomic mass is 10.00. The number of thioether (sulfide) groups is 1. The van der Waals surface area contributed by atoms with E-state index in [-0.39, 0.29) is 5.82 Å². The van der Waals surface area contributed by atoms with Crippen molar-refractivity contribution in [2.45, 2.75) is 62.9 Å². The maximum Gasteiger partial charge on any atom is 0.123 e. The summed E-state index contributed by atoms with van der Waals surface area (Å²) in [4.78, 5) is 1.25. The van der Waals surface area contributed by atoms with E-state index in [2.05, 4.69) is 19.2 Å². The Hall–Kier alpha value is -0.540. The van der Waals surface area contributed by atoms with Gasteiger partial charge in [-0.3, -0.25) is 0 Å². The Labute approximate surface area is 120 Å². The third kappa shape index (κ3) is 3.96. The zero-order valence-electron chi connectivity index (χ0n) is 11.9. The van der Waals surface area contributed by atoms with Crippen molar-refractivity contribution in [2.24, 2.45) is 0 Å². The van der Waals surface area contributed by atoms with Crippen molar-refractivity contribution < 1.29 is 4.39 Å². The second-order valence-electron chi connectivity index (χ2n) is 5.29. The SMILES string of the molecule is CCCCC(CC)NC1CCSc2ccc(F)cc21. The highest BCUT2D eigenvalue weighted by Gasteiger charge is 2.23. The van der Waals surface area contributed by atoms with Crippen molar-refractivity contribution in [3.63, 3.8) is 0 Å². The molecule has 0 bridgehead atoms. The van der Waals surface area contributed by atoms with Crippen LogP contribution in [0.15, 0.2) is 23.1 Å². The predicted octanol–water partition coefficient (Wildman–Crippen LogP) is 4.92. The Morgan fingerprint density at radius 1 is 1.42 bits per heavy atom. The third-order valence-corrected chi connectivity index (χ3v) is 4.97. The van der Waals surface area contributed by atoms with Gasteiger partial charge in [-0.15, -0.1) is 11.8 Å². The maximum absolute atomic E-state index is 13.5. The minimum absolute atomic E-state index is 0.116. The van der Waals surface area contributed by atoms with Crippen LogP contribution >= 0.6 is 11.8 Å². The molecule has 1 aliphatic rings. The summed E-state index contributed by atoms with van der Waals surface area (Å²) in [5.41, 5.74) is 1.16. The van der Waals surface area contributed by atoms with Gasteiger partial charge in [-0.1, -0.05) is 26.7 Å². The summed E-state index contributed by atoms with van der Waals surface area (Å²) in [6.07, 6.45) is 5.98. The average Bonchev–Trinajstić information content (AvgIpc) is 2.43. The molecule has 1 heterocycles. The van der Waals surface area contributed by atoms with Crippen LogP contribution in [0.3, 0.4) is 0 Å². The van der Waals surface area contributed by atoms with E-state index in [9.17, 15) is 4.39 Å². The van der Waals surface area contributed by atoms with E-state index in [1.807, 2.05) is 17.8 Å². The Morgan fingerprint density at radius 2 is 2.26 bits per heavy atom. The van der Waals surface area contributed by atoms with E-state index >= 15 is 0 Å². The first kappa shape index (κ1) is 14.9. The number of nitrogens with one attached hydrogen (secondary N) is 1. The summed E-state index contributed by atoms with van der Waals surface area (Å²) in [5, 5.41) is 3.74. The van der Waals surface area contributed by atoms with Crippen LogP contribution in [0.1, 0.15) is 57.6 Å². The highest BCUT2D eigenvalue weighted by molar-refractivity contribution is 7.99. The normalized spacial score (nSPS) is 20.1. The number of unbranched alkanes of at least 4 members (excludes halogenated alkanes) is 1. The van der Waals surface area contributed by atoms with Crippen LogP contribution in [0.4, 0.5) is 4.39 Å². The van der Waals surface area contributed by atoms with Gasteiger partial charge in [0, 0.05) is 17.0 Å². The molecule has 1 nitrogen and oxygen atoms in total. The zero-order chi connectivity index (χ0) is 13.7. The van der Waals surface area contributed by atoms with Gasteiger partial charge in [-0.25, -0.2) is 4.39 Å². The summed E-state index contributed by atoms with van der Waals surface area (Å²) in [5.74, 6) is 1.01. The van der Waals surface area contributed by atoms with Crippen LogP contribution < -0.4 is 5.32 Å². The van der Waals surface area contributed by atoms with Crippen LogP contribution in [-0.4, -0.2) is 11.8 Å². The lowest BCUT2D eigenvalue weighted by molar-refractivity contribution is 0.384. The van der Waals surface area contributed by atoms with Gasteiger partial charge in [-0.05, 0) is 48.8 Å². The van der Waals surface area contributed by atoms with Gasteiger partial charge in [0.2, 0.25) is 0 Å². The molecule has 2 atom stereocenters. The summed E-state index contributed by atoms with van der Waals surface area (Å²) >= 11 is 1.85. The molecule has 0 amide bonds. The molecule has 2 rings (SSSR count). The predicted molar refractivity (Wildman–Crippen MR) is 81.2 cm³/mol. The van der Waals surface area contributed by atoms with E-state index in [1.165, 1.54) is 24.2 Å². The topological polar surface area (TPSA) is 12.0 Å². The summed E-state index contributed by atoms with van der Waals surface area (Å²) in [6.45, 7) is 4.46. The first-order valence-electron chi connectivity index (χ1n) is 7.42. The Kier molecular flexibility index (Phi) is 5.71. The van der Waals surface area contributed by atoms with Crippen molar-refractivity contribution in [3.05, 3.63) is 29.6 Å². The Morgan fingerprint density at radius 3 is 3.00 bits per heavy atom. The number of benzene rings is 1. The molecule has 0 aliphatic carbocycles. The van der Waals surface area contributed by atoms with Gasteiger partial charge in [-0.2, -0.15) is 0 Å². The minimum Gasteiger partial charge on any atom is -0.307 e. The molecule has 0 fully saturated rings. The van der Waals surface area contributed by atoms with Crippen molar-refractivity contribution in [1.82, 2.24) is 5.32 Å². The smallest absolute Gasteiger partial charge is 0.123 e. The molecule has 3 heteroatoms. The second kappa shape index (κ2) is 7.30. The molecule has 1 aromatic rings. The number of hydrogen-bond donors (Lipinski definition) is 1. The summed E-state index contributed by atoms with van der Waals surface area (Å²) < 4.78 is 13.5. The van der Waals surface area contributed by atoms with E-state index < -0.39 is 0 Å². The lowest BCUT2D eigenvalue weighted by Crippen LogP contribution is -2.34. The fraction of sp³-hybridized carbons (Fsp3) is 0.625. The molecule has 2 unspecified atom stereocenters. The lowest BCUT2D eigenvalue weighted by Gasteiger charge is -2.30. The fourth-order valence-corrected chi connectivity index (χ4v) is 3.78. The van der Waals surface area contributed by atoms with Crippen LogP contribution in [0, 0.1) is 5.82 Å². The first-order chi connectivity index (χ1) is 9.24. The van der Waals surface area contributed by atoms with Gasteiger partial charge in [0.25, 0.3) is 0 Å². The van der Waals surface area contributed by atoms with Crippen LogP contribution in [0.25, 0.3) is 0 Å². The molecule has 0 spiro atoms. The number of rotatable bonds is 6. The van der Waals surface area contributed by atoms with Crippen molar-refractivity contribution in [3.8, 4) is 0 Å².